The van der Waals surface area contributed by atoms with Crippen LogP contribution in [0.2, 0.25) is 0 Å². The summed E-state index contributed by atoms with van der Waals surface area (Å²) in [4.78, 5) is 25.8. The quantitative estimate of drug-likeness (QED) is 0.756. The van der Waals surface area contributed by atoms with Gasteiger partial charge in [-0.25, -0.2) is 0 Å². The summed E-state index contributed by atoms with van der Waals surface area (Å²) in [5, 5.41) is 9.52. The van der Waals surface area contributed by atoms with Gasteiger partial charge in [0.1, 0.15) is 0 Å². The van der Waals surface area contributed by atoms with E-state index in [1.807, 2.05) is 36.4 Å². The van der Waals surface area contributed by atoms with Crippen molar-refractivity contribution in [1.82, 2.24) is 0 Å². The van der Waals surface area contributed by atoms with Gasteiger partial charge < -0.3 is 11.5 Å². The Morgan fingerprint density at radius 3 is 2.20 bits per heavy atom. The number of primary amides is 2. The first-order valence-corrected chi connectivity index (χ1v) is 9.08. The van der Waals surface area contributed by atoms with Gasteiger partial charge >= 0.3 is 0 Å². The number of hydrogen-bond donors (Lipinski definition) is 2. The molecule has 3 aliphatic rings. The van der Waals surface area contributed by atoms with E-state index in [9.17, 15) is 14.9 Å². The Kier molecular flexibility index (Phi) is 3.24. The van der Waals surface area contributed by atoms with Crippen LogP contribution in [0.15, 0.2) is 40.9 Å². The van der Waals surface area contributed by atoms with Crippen molar-refractivity contribution in [2.24, 2.45) is 34.1 Å². The maximum atomic E-state index is 13.0. The van der Waals surface area contributed by atoms with Crippen molar-refractivity contribution in [3.63, 3.8) is 0 Å². The fraction of sp³-hybridized carbons (Fsp3) is 0.421. The number of allylic oxidation sites excluding steroid dienone is 2. The van der Waals surface area contributed by atoms with E-state index in [4.69, 9.17) is 11.5 Å². The van der Waals surface area contributed by atoms with Crippen molar-refractivity contribution in [1.29, 1.82) is 5.26 Å². The zero-order valence-corrected chi connectivity index (χ0v) is 15.1. The van der Waals surface area contributed by atoms with Gasteiger partial charge in [-0.3, -0.25) is 9.59 Å². The first kappa shape index (κ1) is 16.3. The Morgan fingerprint density at radius 1 is 1.12 bits per heavy atom. The first-order valence-electron chi connectivity index (χ1n) is 8.29. The van der Waals surface area contributed by atoms with E-state index < -0.39 is 22.6 Å². The third-order valence-electron chi connectivity index (χ3n) is 6.75. The maximum Gasteiger partial charge on any atom is 0.229 e. The zero-order chi connectivity index (χ0) is 18.0. The van der Waals surface area contributed by atoms with Crippen LogP contribution in [0, 0.1) is 34.0 Å². The van der Waals surface area contributed by atoms with Crippen LogP contribution in [-0.4, -0.2) is 11.8 Å². The van der Waals surface area contributed by atoms with Crippen LogP contribution >= 0.6 is 15.9 Å². The number of hydrogen-bond acceptors (Lipinski definition) is 3. The molecule has 128 valence electrons. The Balaban J connectivity index is 2.08. The number of nitriles is 1. The smallest absolute Gasteiger partial charge is 0.229 e. The lowest BCUT2D eigenvalue weighted by Crippen LogP contribution is -2.62. The molecule has 0 unspecified atom stereocenters. The summed E-state index contributed by atoms with van der Waals surface area (Å²) in [7, 11) is 0. The Hall–Kier alpha value is -2.13. The predicted octanol–water partition coefficient (Wildman–Crippen LogP) is 2.15. The standard InChI is InChI=1S/C19H18BrN3O2/c20-12-3-1-11(2-4-12)19(16(23)25)14-6-5-13(17(14)7-8-17)18(19,9-10-21)15(22)24/h1-6,13-14H,7-9H2,(H2,22,24)(H2,23,25)/t13-,14+,18+,19-/m1/s1. The monoisotopic (exact) mass is 399 g/mol. The van der Waals surface area contributed by atoms with Gasteiger partial charge in [0.25, 0.3) is 0 Å². The Morgan fingerprint density at radius 2 is 1.72 bits per heavy atom. The van der Waals surface area contributed by atoms with Crippen LogP contribution in [0.4, 0.5) is 0 Å². The molecule has 5 nitrogen and oxygen atoms in total. The van der Waals surface area contributed by atoms with E-state index in [1.54, 1.807) is 0 Å². The number of halogens is 1. The molecule has 4 atom stereocenters. The predicted molar refractivity (Wildman–Crippen MR) is 94.7 cm³/mol. The number of carbonyl (C=O) groups excluding carboxylic acids is 2. The minimum Gasteiger partial charge on any atom is -0.369 e. The highest BCUT2D eigenvalue weighted by Crippen LogP contribution is 2.80. The lowest BCUT2D eigenvalue weighted by molar-refractivity contribution is -0.142. The second kappa shape index (κ2) is 4.95. The van der Waals surface area contributed by atoms with Crippen LogP contribution in [0.1, 0.15) is 24.8 Å². The lowest BCUT2D eigenvalue weighted by Gasteiger charge is -2.46. The number of rotatable bonds is 4. The molecule has 0 radical (unpaired) electrons. The van der Waals surface area contributed by atoms with Crippen molar-refractivity contribution >= 4 is 27.7 Å². The average molecular weight is 400 g/mol. The lowest BCUT2D eigenvalue weighted by atomic mass is 9.53. The number of amides is 2. The normalized spacial score (nSPS) is 36.3. The van der Waals surface area contributed by atoms with Crippen molar-refractivity contribution in [2.45, 2.75) is 24.7 Å². The maximum absolute atomic E-state index is 13.0. The molecule has 0 aromatic heterocycles. The summed E-state index contributed by atoms with van der Waals surface area (Å²) in [5.74, 6) is -1.62. The van der Waals surface area contributed by atoms with E-state index in [0.717, 1.165) is 17.3 Å². The van der Waals surface area contributed by atoms with Gasteiger partial charge in [-0.2, -0.15) is 5.26 Å². The fourth-order valence-corrected chi connectivity index (χ4v) is 6.06. The molecule has 4 rings (SSSR count). The second-order valence-corrected chi connectivity index (χ2v) is 8.34. The van der Waals surface area contributed by atoms with Gasteiger partial charge in [0.2, 0.25) is 11.8 Å². The molecule has 2 saturated carbocycles. The minimum atomic E-state index is -1.31. The SMILES string of the molecule is N#CC[C@@]1(C(N)=O)[C@@H]2C=C[C@@H](C23CC3)[C@@]1(C(N)=O)c1ccc(Br)cc1. The number of carbonyl (C=O) groups is 2. The number of nitrogens with zero attached hydrogens (tertiary/aromatic N) is 1. The molecule has 2 fully saturated rings. The van der Waals surface area contributed by atoms with Gasteiger partial charge in [0, 0.05) is 10.4 Å². The van der Waals surface area contributed by atoms with Crippen LogP contribution in [0.3, 0.4) is 0 Å². The summed E-state index contributed by atoms with van der Waals surface area (Å²) in [6.45, 7) is 0. The van der Waals surface area contributed by atoms with Crippen molar-refractivity contribution < 1.29 is 9.59 Å². The second-order valence-electron chi connectivity index (χ2n) is 7.42. The molecular weight excluding hydrogens is 382 g/mol. The molecule has 3 aliphatic carbocycles. The van der Waals surface area contributed by atoms with Crippen LogP contribution in [0.25, 0.3) is 0 Å². The van der Waals surface area contributed by atoms with E-state index >= 15 is 0 Å². The van der Waals surface area contributed by atoms with Gasteiger partial charge in [-0.05, 0) is 41.9 Å². The molecule has 2 amide bonds. The molecule has 2 bridgehead atoms. The van der Waals surface area contributed by atoms with Gasteiger partial charge in [-0.15, -0.1) is 0 Å². The largest absolute Gasteiger partial charge is 0.369 e. The molecule has 25 heavy (non-hydrogen) atoms. The molecule has 0 heterocycles. The van der Waals surface area contributed by atoms with Gasteiger partial charge in [0.05, 0.1) is 23.3 Å². The summed E-state index contributed by atoms with van der Waals surface area (Å²) in [6, 6.07) is 9.40. The first-order chi connectivity index (χ1) is 11.9. The van der Waals surface area contributed by atoms with E-state index in [2.05, 4.69) is 22.0 Å². The van der Waals surface area contributed by atoms with Crippen molar-refractivity contribution in [3.8, 4) is 6.07 Å². The molecule has 6 heteroatoms. The summed E-state index contributed by atoms with van der Waals surface area (Å²) in [5.41, 5.74) is 9.77. The zero-order valence-electron chi connectivity index (χ0n) is 13.5. The topological polar surface area (TPSA) is 110 Å². The third-order valence-corrected chi connectivity index (χ3v) is 7.28. The molecule has 0 saturated heterocycles. The van der Waals surface area contributed by atoms with E-state index in [-0.39, 0.29) is 23.7 Å². The minimum absolute atomic E-state index is 0.116. The molecule has 0 aliphatic heterocycles. The molecule has 1 spiro atoms. The number of nitrogens with two attached hydrogens (primary N) is 2. The Labute approximate surface area is 154 Å². The number of benzene rings is 1. The highest BCUT2D eigenvalue weighted by atomic mass is 79.9. The van der Waals surface area contributed by atoms with Crippen molar-refractivity contribution in [2.75, 3.05) is 0 Å². The van der Waals surface area contributed by atoms with Crippen LogP contribution in [-0.2, 0) is 15.0 Å². The summed E-state index contributed by atoms with van der Waals surface area (Å²) < 4.78 is 0.862. The highest BCUT2D eigenvalue weighted by Gasteiger charge is 2.82. The fourth-order valence-electron chi connectivity index (χ4n) is 5.79. The van der Waals surface area contributed by atoms with Crippen molar-refractivity contribution in [3.05, 3.63) is 46.5 Å². The van der Waals surface area contributed by atoms with E-state index in [1.165, 1.54) is 0 Å². The molecule has 1 aromatic carbocycles. The van der Waals surface area contributed by atoms with Crippen LogP contribution in [0.5, 0.6) is 0 Å². The van der Waals surface area contributed by atoms with Gasteiger partial charge in [0.15, 0.2) is 0 Å². The summed E-state index contributed by atoms with van der Waals surface area (Å²) >= 11 is 3.40. The van der Waals surface area contributed by atoms with Gasteiger partial charge in [-0.1, -0.05) is 40.2 Å². The van der Waals surface area contributed by atoms with Crippen LogP contribution < -0.4 is 11.5 Å². The molecular formula is C19H18BrN3O2. The average Bonchev–Trinajstić information content (AvgIpc) is 3.23. The van der Waals surface area contributed by atoms with E-state index in [0.29, 0.717) is 5.56 Å². The molecule has 4 N–H and O–H groups in total. The Bertz CT molecular complexity index is 852. The highest BCUT2D eigenvalue weighted by molar-refractivity contribution is 9.10. The summed E-state index contributed by atoms with van der Waals surface area (Å²) in [6.07, 6.45) is 5.72. The molecule has 1 aromatic rings. The third kappa shape index (κ3) is 1.63.